The molecule has 1 amide bonds. The minimum atomic E-state index is 0.209. The average Bonchev–Trinajstić information content (AvgIpc) is 2.69. The predicted octanol–water partition coefficient (Wildman–Crippen LogP) is 1.88. The Kier molecular flexibility index (Phi) is 2.88. The monoisotopic (exact) mass is 222 g/mol. The Morgan fingerprint density at radius 1 is 1.00 bits per heavy atom. The zero-order valence-electron chi connectivity index (χ0n) is 9.95. The second-order valence-corrected chi connectivity index (χ2v) is 5.60. The molecule has 0 aromatic rings. The lowest BCUT2D eigenvalue weighted by Gasteiger charge is -2.37. The van der Waals surface area contributed by atoms with Crippen molar-refractivity contribution in [3.63, 3.8) is 0 Å². The summed E-state index contributed by atoms with van der Waals surface area (Å²) in [5.74, 6) is 1.02. The summed E-state index contributed by atoms with van der Waals surface area (Å²) in [6, 6.07) is 0.209. The van der Waals surface area contributed by atoms with Crippen LogP contribution in [0.25, 0.3) is 0 Å². The lowest BCUT2D eigenvalue weighted by molar-refractivity contribution is -0.122. The van der Waals surface area contributed by atoms with Crippen molar-refractivity contribution >= 4 is 5.91 Å². The van der Waals surface area contributed by atoms with Crippen molar-refractivity contribution in [3.05, 3.63) is 0 Å². The number of rotatable bonds is 1. The van der Waals surface area contributed by atoms with E-state index in [0.29, 0.717) is 12.1 Å². The summed E-state index contributed by atoms with van der Waals surface area (Å²) < 4.78 is 0. The van der Waals surface area contributed by atoms with Crippen LogP contribution >= 0.6 is 0 Å². The normalized spacial score (nSPS) is 37.1. The van der Waals surface area contributed by atoms with Crippen LogP contribution in [-0.2, 0) is 4.79 Å². The molecule has 3 nitrogen and oxygen atoms in total. The second-order valence-electron chi connectivity index (χ2n) is 5.60. The first kappa shape index (κ1) is 10.6. The van der Waals surface area contributed by atoms with Gasteiger partial charge in [-0.15, -0.1) is 0 Å². The number of amides is 1. The number of fused-ring (bicyclic) bond motifs is 1. The van der Waals surface area contributed by atoms with Gasteiger partial charge in [0.2, 0.25) is 5.91 Å². The minimum Gasteiger partial charge on any atom is -0.339 e. The molecule has 1 aliphatic carbocycles. The van der Waals surface area contributed by atoms with Crippen LogP contribution in [0.15, 0.2) is 0 Å². The summed E-state index contributed by atoms with van der Waals surface area (Å²) in [6.45, 7) is 1.13. The van der Waals surface area contributed by atoms with E-state index in [4.69, 9.17) is 0 Å². The molecule has 0 aromatic heterocycles. The van der Waals surface area contributed by atoms with Crippen LogP contribution in [0.4, 0.5) is 0 Å². The zero-order valence-corrected chi connectivity index (χ0v) is 9.95. The van der Waals surface area contributed by atoms with Crippen LogP contribution in [0.2, 0.25) is 0 Å². The van der Waals surface area contributed by atoms with E-state index in [1.54, 1.807) is 0 Å². The zero-order chi connectivity index (χ0) is 11.0. The van der Waals surface area contributed by atoms with E-state index in [2.05, 4.69) is 10.2 Å². The number of carbonyl (C=O) groups is 1. The van der Waals surface area contributed by atoms with Crippen molar-refractivity contribution in [1.82, 2.24) is 10.2 Å². The topological polar surface area (TPSA) is 32.3 Å². The van der Waals surface area contributed by atoms with Gasteiger partial charge in [-0.25, -0.2) is 0 Å². The number of carbonyl (C=O) groups excluding carboxylic acids is 1. The first-order valence-electron chi connectivity index (χ1n) is 6.92. The standard InChI is InChI=1S/C13H22N2O/c16-13-11-8-4-5-9-15(11)12(14-13)10-6-2-1-3-7-10/h10-12H,1-9H2,(H,14,16). The van der Waals surface area contributed by atoms with E-state index in [1.165, 1.54) is 44.9 Å². The fourth-order valence-corrected chi connectivity index (χ4v) is 3.73. The van der Waals surface area contributed by atoms with Gasteiger partial charge in [0.15, 0.2) is 0 Å². The molecule has 2 aliphatic heterocycles. The summed E-state index contributed by atoms with van der Waals surface area (Å²) >= 11 is 0. The Morgan fingerprint density at radius 2 is 1.75 bits per heavy atom. The van der Waals surface area contributed by atoms with Crippen LogP contribution in [0.5, 0.6) is 0 Å². The van der Waals surface area contributed by atoms with Gasteiger partial charge in [0.25, 0.3) is 0 Å². The third kappa shape index (κ3) is 1.75. The van der Waals surface area contributed by atoms with Crippen LogP contribution in [0.1, 0.15) is 51.4 Å². The van der Waals surface area contributed by atoms with E-state index in [9.17, 15) is 4.79 Å². The van der Waals surface area contributed by atoms with Gasteiger partial charge in [0.05, 0.1) is 12.2 Å². The van der Waals surface area contributed by atoms with Gasteiger partial charge in [-0.1, -0.05) is 25.7 Å². The maximum atomic E-state index is 11.9. The fraction of sp³-hybridized carbons (Fsp3) is 0.923. The van der Waals surface area contributed by atoms with E-state index in [-0.39, 0.29) is 6.04 Å². The summed E-state index contributed by atoms with van der Waals surface area (Å²) in [5, 5.41) is 3.25. The molecule has 16 heavy (non-hydrogen) atoms. The maximum absolute atomic E-state index is 11.9. The van der Waals surface area contributed by atoms with Crippen LogP contribution in [0, 0.1) is 5.92 Å². The molecule has 90 valence electrons. The molecule has 3 aliphatic rings. The van der Waals surface area contributed by atoms with Crippen molar-refractivity contribution in [2.75, 3.05) is 6.54 Å². The summed E-state index contributed by atoms with van der Waals surface area (Å²) in [6.07, 6.45) is 10.7. The van der Waals surface area contributed by atoms with Gasteiger partial charge >= 0.3 is 0 Å². The molecule has 0 bridgehead atoms. The van der Waals surface area contributed by atoms with Crippen molar-refractivity contribution in [1.29, 1.82) is 0 Å². The molecular formula is C13H22N2O. The van der Waals surface area contributed by atoms with Gasteiger partial charge < -0.3 is 5.32 Å². The van der Waals surface area contributed by atoms with Crippen LogP contribution in [-0.4, -0.2) is 29.6 Å². The molecular weight excluding hydrogens is 200 g/mol. The fourth-order valence-electron chi connectivity index (χ4n) is 3.73. The number of nitrogens with one attached hydrogen (secondary N) is 1. The highest BCUT2D eigenvalue weighted by Gasteiger charge is 2.43. The molecule has 2 saturated heterocycles. The van der Waals surface area contributed by atoms with E-state index >= 15 is 0 Å². The highest BCUT2D eigenvalue weighted by molar-refractivity contribution is 5.84. The first-order valence-corrected chi connectivity index (χ1v) is 6.92. The number of hydrogen-bond donors (Lipinski definition) is 1. The van der Waals surface area contributed by atoms with Crippen LogP contribution < -0.4 is 5.32 Å². The van der Waals surface area contributed by atoms with E-state index in [1.807, 2.05) is 0 Å². The van der Waals surface area contributed by atoms with E-state index in [0.717, 1.165) is 18.9 Å². The SMILES string of the molecule is O=C1NC(C2CCCCC2)N2CCCCC12. The van der Waals surface area contributed by atoms with Crippen molar-refractivity contribution in [2.45, 2.75) is 63.6 Å². The molecule has 3 rings (SSSR count). The third-order valence-corrected chi connectivity index (χ3v) is 4.59. The van der Waals surface area contributed by atoms with Crippen molar-refractivity contribution < 1.29 is 4.79 Å². The van der Waals surface area contributed by atoms with Crippen LogP contribution in [0.3, 0.4) is 0 Å². The summed E-state index contributed by atoms with van der Waals surface area (Å²) in [5.41, 5.74) is 0. The molecule has 2 atom stereocenters. The molecule has 1 N–H and O–H groups in total. The molecule has 2 heterocycles. The summed E-state index contributed by atoms with van der Waals surface area (Å²) in [7, 11) is 0. The largest absolute Gasteiger partial charge is 0.339 e. The lowest BCUT2D eigenvalue weighted by atomic mass is 9.86. The Hall–Kier alpha value is -0.570. The van der Waals surface area contributed by atoms with Gasteiger partial charge in [-0.2, -0.15) is 0 Å². The van der Waals surface area contributed by atoms with Crippen molar-refractivity contribution in [3.8, 4) is 0 Å². The first-order chi connectivity index (χ1) is 7.86. The average molecular weight is 222 g/mol. The second kappa shape index (κ2) is 4.36. The molecule has 3 heteroatoms. The number of hydrogen-bond acceptors (Lipinski definition) is 2. The predicted molar refractivity (Wildman–Crippen MR) is 62.9 cm³/mol. The Morgan fingerprint density at radius 3 is 2.56 bits per heavy atom. The molecule has 0 aromatic carbocycles. The van der Waals surface area contributed by atoms with Crippen molar-refractivity contribution in [2.24, 2.45) is 5.92 Å². The Labute approximate surface area is 97.6 Å². The maximum Gasteiger partial charge on any atom is 0.238 e. The van der Waals surface area contributed by atoms with Gasteiger partial charge in [-0.3, -0.25) is 9.69 Å². The number of piperidine rings is 1. The molecule has 2 unspecified atom stereocenters. The van der Waals surface area contributed by atoms with Gasteiger partial charge in [0, 0.05) is 6.54 Å². The molecule has 0 radical (unpaired) electrons. The van der Waals surface area contributed by atoms with Gasteiger partial charge in [0.1, 0.15) is 0 Å². The Balaban J connectivity index is 1.72. The highest BCUT2D eigenvalue weighted by atomic mass is 16.2. The Bertz CT molecular complexity index is 273. The minimum absolute atomic E-state index is 0.209. The molecule has 1 saturated carbocycles. The smallest absolute Gasteiger partial charge is 0.238 e. The van der Waals surface area contributed by atoms with Gasteiger partial charge in [-0.05, 0) is 31.6 Å². The summed E-state index contributed by atoms with van der Waals surface area (Å²) in [4.78, 5) is 14.4. The highest BCUT2D eigenvalue weighted by Crippen LogP contribution is 2.33. The molecule has 3 fully saturated rings. The quantitative estimate of drug-likeness (QED) is 0.734. The number of nitrogens with zero attached hydrogens (tertiary/aromatic N) is 1. The lowest BCUT2D eigenvalue weighted by Crippen LogP contribution is -2.46. The third-order valence-electron chi connectivity index (χ3n) is 4.59. The molecule has 0 spiro atoms. The van der Waals surface area contributed by atoms with E-state index < -0.39 is 0 Å².